The molecule has 0 spiro atoms. The summed E-state index contributed by atoms with van der Waals surface area (Å²) in [6.07, 6.45) is 3.10. The summed E-state index contributed by atoms with van der Waals surface area (Å²) >= 11 is 0. The van der Waals surface area contributed by atoms with Crippen molar-refractivity contribution >= 4 is 11.8 Å². The average Bonchev–Trinajstić information content (AvgIpc) is 2.27. The molecule has 1 heterocycles. The van der Waals surface area contributed by atoms with Gasteiger partial charge in [-0.2, -0.15) is 4.98 Å². The summed E-state index contributed by atoms with van der Waals surface area (Å²) in [5.74, 6) is -0.281. The Kier molecular flexibility index (Phi) is 5.54. The fourth-order valence-corrected chi connectivity index (χ4v) is 1.55. The van der Waals surface area contributed by atoms with Crippen molar-refractivity contribution in [1.82, 2.24) is 9.97 Å². The molecule has 0 aliphatic rings. The summed E-state index contributed by atoms with van der Waals surface area (Å²) in [6, 6.07) is 0. The number of aromatic nitrogens is 2. The molecule has 0 amide bonds. The van der Waals surface area contributed by atoms with Gasteiger partial charge in [-0.25, -0.2) is 0 Å². The van der Waals surface area contributed by atoms with Crippen LogP contribution in [0.5, 0.6) is 5.88 Å². The molecule has 19 heavy (non-hydrogen) atoms. The Morgan fingerprint density at radius 3 is 2.58 bits per heavy atom. The lowest BCUT2D eigenvalue weighted by atomic mass is 9.96. The van der Waals surface area contributed by atoms with Crippen LogP contribution in [0.3, 0.4) is 0 Å². The molecule has 0 saturated heterocycles. The Hall–Kier alpha value is -1.85. The lowest BCUT2D eigenvalue weighted by Gasteiger charge is -2.17. The zero-order valence-electron chi connectivity index (χ0n) is 11.8. The second-order valence-corrected chi connectivity index (χ2v) is 4.98. The van der Waals surface area contributed by atoms with Gasteiger partial charge in [-0.15, -0.1) is 0 Å². The average molecular weight is 267 g/mol. The fourth-order valence-electron chi connectivity index (χ4n) is 1.55. The van der Waals surface area contributed by atoms with E-state index in [1.54, 1.807) is 6.20 Å². The van der Waals surface area contributed by atoms with E-state index in [-0.39, 0.29) is 12.0 Å². The Morgan fingerprint density at radius 1 is 1.37 bits per heavy atom. The maximum absolute atomic E-state index is 11.1. The first kappa shape index (κ1) is 15.2. The normalized spacial score (nSPS) is 12.5. The number of carbonyl (C=O) groups is 1. The van der Waals surface area contributed by atoms with E-state index in [2.05, 4.69) is 15.3 Å². The van der Waals surface area contributed by atoms with Crippen LogP contribution in [-0.4, -0.2) is 33.7 Å². The number of hydrogen-bond acceptors (Lipinski definition) is 5. The maximum atomic E-state index is 11.1. The first-order valence-corrected chi connectivity index (χ1v) is 6.35. The Bertz CT molecular complexity index is 421. The molecule has 0 fully saturated rings. The molecule has 1 atom stereocenters. The molecule has 1 aromatic heterocycles. The highest BCUT2D eigenvalue weighted by Gasteiger charge is 2.21. The SMILES string of the molecule is CC(C)Oc1cncc(NCC(C(=O)O)C(C)C)n1. The lowest BCUT2D eigenvalue weighted by molar-refractivity contribution is -0.142. The summed E-state index contributed by atoms with van der Waals surface area (Å²) in [5, 5.41) is 12.1. The van der Waals surface area contributed by atoms with Crippen molar-refractivity contribution in [2.24, 2.45) is 11.8 Å². The largest absolute Gasteiger partial charge is 0.481 e. The van der Waals surface area contributed by atoms with Crippen molar-refractivity contribution in [1.29, 1.82) is 0 Å². The zero-order valence-corrected chi connectivity index (χ0v) is 11.8. The molecule has 0 aliphatic carbocycles. The van der Waals surface area contributed by atoms with Crippen molar-refractivity contribution in [2.45, 2.75) is 33.8 Å². The number of aliphatic carboxylic acids is 1. The van der Waals surface area contributed by atoms with Gasteiger partial charge < -0.3 is 15.2 Å². The van der Waals surface area contributed by atoms with E-state index in [4.69, 9.17) is 9.84 Å². The van der Waals surface area contributed by atoms with Gasteiger partial charge >= 0.3 is 5.97 Å². The topological polar surface area (TPSA) is 84.3 Å². The molecule has 0 radical (unpaired) electrons. The monoisotopic (exact) mass is 267 g/mol. The minimum atomic E-state index is -0.815. The van der Waals surface area contributed by atoms with Gasteiger partial charge in [0, 0.05) is 6.54 Å². The van der Waals surface area contributed by atoms with E-state index < -0.39 is 11.9 Å². The molecule has 1 rings (SSSR count). The molecule has 0 aromatic carbocycles. The molecule has 0 bridgehead atoms. The number of nitrogens with zero attached hydrogens (tertiary/aromatic N) is 2. The summed E-state index contributed by atoms with van der Waals surface area (Å²) in [6.45, 7) is 7.88. The number of carboxylic acids is 1. The van der Waals surface area contributed by atoms with Gasteiger partial charge in [0.25, 0.3) is 0 Å². The molecule has 0 aliphatic heterocycles. The van der Waals surface area contributed by atoms with Crippen molar-refractivity contribution in [3.63, 3.8) is 0 Å². The zero-order chi connectivity index (χ0) is 14.4. The predicted octanol–water partition coefficient (Wildman–Crippen LogP) is 2.03. The maximum Gasteiger partial charge on any atom is 0.308 e. The number of carboxylic acid groups (broad SMARTS) is 1. The molecule has 1 unspecified atom stereocenters. The molecule has 6 nitrogen and oxygen atoms in total. The van der Waals surface area contributed by atoms with Crippen LogP contribution in [-0.2, 0) is 4.79 Å². The van der Waals surface area contributed by atoms with Crippen LogP contribution in [0.2, 0.25) is 0 Å². The molecule has 1 aromatic rings. The van der Waals surface area contributed by atoms with Crippen LogP contribution >= 0.6 is 0 Å². The van der Waals surface area contributed by atoms with Crippen LogP contribution in [0.15, 0.2) is 12.4 Å². The molecular weight excluding hydrogens is 246 g/mol. The minimum Gasteiger partial charge on any atom is -0.481 e. The van der Waals surface area contributed by atoms with E-state index >= 15 is 0 Å². The summed E-state index contributed by atoms with van der Waals surface area (Å²) in [7, 11) is 0. The quantitative estimate of drug-likeness (QED) is 0.786. The summed E-state index contributed by atoms with van der Waals surface area (Å²) < 4.78 is 5.43. The van der Waals surface area contributed by atoms with Gasteiger partial charge in [0.05, 0.1) is 24.4 Å². The third-order valence-corrected chi connectivity index (χ3v) is 2.59. The number of hydrogen-bond donors (Lipinski definition) is 2. The highest BCUT2D eigenvalue weighted by molar-refractivity contribution is 5.71. The van der Waals surface area contributed by atoms with Gasteiger partial charge in [0.2, 0.25) is 5.88 Å². The minimum absolute atomic E-state index is 0.0204. The van der Waals surface area contributed by atoms with Crippen LogP contribution in [0.1, 0.15) is 27.7 Å². The lowest BCUT2D eigenvalue weighted by Crippen LogP contribution is -2.27. The van der Waals surface area contributed by atoms with Gasteiger partial charge in [-0.1, -0.05) is 13.8 Å². The van der Waals surface area contributed by atoms with Gasteiger partial charge in [0.15, 0.2) is 0 Å². The molecule has 0 saturated carbocycles. The number of anilines is 1. The van der Waals surface area contributed by atoms with Crippen LogP contribution in [0.4, 0.5) is 5.82 Å². The van der Waals surface area contributed by atoms with Crippen molar-refractivity contribution in [2.75, 3.05) is 11.9 Å². The second kappa shape index (κ2) is 6.92. The smallest absolute Gasteiger partial charge is 0.308 e. The van der Waals surface area contributed by atoms with Crippen LogP contribution < -0.4 is 10.1 Å². The highest BCUT2D eigenvalue weighted by atomic mass is 16.5. The highest BCUT2D eigenvalue weighted by Crippen LogP contribution is 2.14. The summed E-state index contributed by atoms with van der Waals surface area (Å²) in [4.78, 5) is 19.3. The Morgan fingerprint density at radius 2 is 2.05 bits per heavy atom. The Balaban J connectivity index is 2.64. The first-order valence-electron chi connectivity index (χ1n) is 6.35. The Labute approximate surface area is 113 Å². The van der Waals surface area contributed by atoms with Crippen molar-refractivity contribution in [3.8, 4) is 5.88 Å². The summed E-state index contributed by atoms with van der Waals surface area (Å²) in [5.41, 5.74) is 0. The van der Waals surface area contributed by atoms with Gasteiger partial charge in [-0.3, -0.25) is 9.78 Å². The van der Waals surface area contributed by atoms with Crippen LogP contribution in [0, 0.1) is 11.8 Å². The second-order valence-electron chi connectivity index (χ2n) is 4.98. The third kappa shape index (κ3) is 5.11. The van der Waals surface area contributed by atoms with Crippen molar-refractivity contribution in [3.05, 3.63) is 12.4 Å². The van der Waals surface area contributed by atoms with Gasteiger partial charge in [0.1, 0.15) is 5.82 Å². The number of nitrogens with one attached hydrogen (secondary N) is 1. The van der Waals surface area contributed by atoms with Crippen molar-refractivity contribution < 1.29 is 14.6 Å². The molecular formula is C13H21N3O3. The fraction of sp³-hybridized carbons (Fsp3) is 0.615. The standard InChI is InChI=1S/C13H21N3O3/c1-8(2)10(13(17)18)5-15-11-6-14-7-12(16-11)19-9(3)4/h6-10H,5H2,1-4H3,(H,15,16)(H,17,18). The van der Waals surface area contributed by atoms with Gasteiger partial charge in [-0.05, 0) is 19.8 Å². The van der Waals surface area contributed by atoms with E-state index in [0.29, 0.717) is 18.2 Å². The molecule has 2 N–H and O–H groups in total. The van der Waals surface area contributed by atoms with E-state index in [1.165, 1.54) is 6.20 Å². The van der Waals surface area contributed by atoms with Crippen LogP contribution in [0.25, 0.3) is 0 Å². The van der Waals surface area contributed by atoms with E-state index in [1.807, 2.05) is 27.7 Å². The van der Waals surface area contributed by atoms with E-state index in [9.17, 15) is 4.79 Å². The molecule has 6 heteroatoms. The third-order valence-electron chi connectivity index (χ3n) is 2.59. The number of rotatable bonds is 7. The first-order chi connectivity index (χ1) is 8.90. The van der Waals surface area contributed by atoms with E-state index in [0.717, 1.165) is 0 Å². The molecule has 106 valence electrons. The predicted molar refractivity (Wildman–Crippen MR) is 72.2 cm³/mol. The number of ether oxygens (including phenoxy) is 1.